The Balaban J connectivity index is 2.27. The molecule has 1 heterocycles. The minimum Gasteiger partial charge on any atom is -0.478 e. The van der Waals surface area contributed by atoms with E-state index < -0.39 is 11.8 Å². The van der Waals surface area contributed by atoms with Crippen LogP contribution in [0.3, 0.4) is 0 Å². The zero-order valence-electron chi connectivity index (χ0n) is 11.0. The number of hydrogen-bond donors (Lipinski definition) is 1. The summed E-state index contributed by atoms with van der Waals surface area (Å²) in [6, 6.07) is 8.94. The summed E-state index contributed by atoms with van der Waals surface area (Å²) in [6.07, 6.45) is 0. The molecule has 106 valence electrons. The van der Waals surface area contributed by atoms with Gasteiger partial charge in [-0.1, -0.05) is 11.6 Å². The highest BCUT2D eigenvalue weighted by atomic mass is 35.5. The van der Waals surface area contributed by atoms with Crippen LogP contribution in [0.5, 0.6) is 0 Å². The lowest BCUT2D eigenvalue weighted by molar-refractivity contribution is 0.0697. The number of halogens is 2. The average Bonchev–Trinajstić information content (AvgIpc) is 2.74. The van der Waals surface area contributed by atoms with E-state index in [0.717, 1.165) is 0 Å². The van der Waals surface area contributed by atoms with E-state index in [1.807, 2.05) is 0 Å². The molecule has 0 radical (unpaired) electrons. The normalized spacial score (nSPS) is 11.0. The van der Waals surface area contributed by atoms with Gasteiger partial charge in [0.05, 0.1) is 22.3 Å². The van der Waals surface area contributed by atoms with Crippen molar-refractivity contribution in [3.8, 4) is 5.69 Å². The summed E-state index contributed by atoms with van der Waals surface area (Å²) in [5.74, 6) is -0.928. The Bertz CT molecular complexity index is 873. The molecular weight excluding hydrogens is 295 g/mol. The summed E-state index contributed by atoms with van der Waals surface area (Å²) in [6.45, 7) is 1.73. The fourth-order valence-corrected chi connectivity index (χ4v) is 2.46. The highest BCUT2D eigenvalue weighted by molar-refractivity contribution is 6.30. The van der Waals surface area contributed by atoms with Crippen LogP contribution in [-0.2, 0) is 0 Å². The molecule has 0 unspecified atom stereocenters. The molecule has 0 saturated carbocycles. The molecule has 3 rings (SSSR count). The van der Waals surface area contributed by atoms with Crippen molar-refractivity contribution < 1.29 is 14.3 Å². The molecule has 0 fully saturated rings. The Kier molecular flexibility index (Phi) is 3.14. The first-order valence-corrected chi connectivity index (χ1v) is 6.53. The molecule has 0 aliphatic heterocycles. The van der Waals surface area contributed by atoms with Crippen molar-refractivity contribution in [1.29, 1.82) is 0 Å². The fourth-order valence-electron chi connectivity index (χ4n) is 2.30. The number of rotatable bonds is 2. The van der Waals surface area contributed by atoms with Crippen LogP contribution < -0.4 is 0 Å². The van der Waals surface area contributed by atoms with Crippen LogP contribution in [0.2, 0.25) is 5.02 Å². The predicted molar refractivity (Wildman–Crippen MR) is 77.7 cm³/mol. The van der Waals surface area contributed by atoms with Crippen molar-refractivity contribution in [2.75, 3.05) is 0 Å². The second-order valence-electron chi connectivity index (χ2n) is 4.60. The molecule has 4 nitrogen and oxygen atoms in total. The van der Waals surface area contributed by atoms with E-state index >= 15 is 0 Å². The number of carboxylic acids is 1. The number of carbonyl (C=O) groups is 1. The minimum atomic E-state index is -1.03. The van der Waals surface area contributed by atoms with E-state index in [1.54, 1.807) is 29.7 Å². The Hall–Kier alpha value is -2.40. The first-order chi connectivity index (χ1) is 9.97. The molecule has 2 aromatic carbocycles. The lowest BCUT2D eigenvalue weighted by Gasteiger charge is -2.08. The van der Waals surface area contributed by atoms with Crippen molar-refractivity contribution in [2.45, 2.75) is 6.92 Å². The van der Waals surface area contributed by atoms with Gasteiger partial charge in [0.1, 0.15) is 11.6 Å². The molecule has 1 aromatic heterocycles. The third kappa shape index (κ3) is 2.25. The number of aryl methyl sites for hydroxylation is 1. The first kappa shape index (κ1) is 13.6. The first-order valence-electron chi connectivity index (χ1n) is 6.15. The number of hydrogen-bond acceptors (Lipinski definition) is 2. The molecule has 0 spiro atoms. The van der Waals surface area contributed by atoms with E-state index in [9.17, 15) is 9.18 Å². The molecule has 6 heteroatoms. The van der Waals surface area contributed by atoms with Crippen LogP contribution in [0, 0.1) is 12.7 Å². The van der Waals surface area contributed by atoms with Gasteiger partial charge in [-0.15, -0.1) is 0 Å². The second-order valence-corrected chi connectivity index (χ2v) is 5.04. The van der Waals surface area contributed by atoms with Gasteiger partial charge in [-0.2, -0.15) is 0 Å². The van der Waals surface area contributed by atoms with Crippen LogP contribution in [0.1, 0.15) is 16.2 Å². The number of imidazole rings is 1. The molecule has 3 aromatic rings. The maximum atomic E-state index is 14.1. The van der Waals surface area contributed by atoms with Crippen LogP contribution in [0.25, 0.3) is 16.7 Å². The van der Waals surface area contributed by atoms with E-state index in [0.29, 0.717) is 27.6 Å². The molecule has 1 N–H and O–H groups in total. The monoisotopic (exact) mass is 304 g/mol. The SMILES string of the molecule is Cc1nc2cc(C(=O)O)ccc2n1-c1ccc(Cl)cc1F. The van der Waals surface area contributed by atoms with Gasteiger partial charge < -0.3 is 5.11 Å². The topological polar surface area (TPSA) is 55.1 Å². The molecule has 0 saturated heterocycles. The number of aromatic carboxylic acids is 1. The van der Waals surface area contributed by atoms with Crippen LogP contribution in [0.4, 0.5) is 4.39 Å². The smallest absolute Gasteiger partial charge is 0.335 e. The predicted octanol–water partition coefficient (Wildman–Crippen LogP) is 3.82. The molecule has 0 amide bonds. The maximum Gasteiger partial charge on any atom is 0.335 e. The molecule has 0 aliphatic carbocycles. The summed E-state index contributed by atoms with van der Waals surface area (Å²) in [4.78, 5) is 15.3. The molecule has 0 bridgehead atoms. The fraction of sp³-hybridized carbons (Fsp3) is 0.0667. The van der Waals surface area contributed by atoms with Gasteiger partial charge in [-0.05, 0) is 43.3 Å². The summed E-state index contributed by atoms with van der Waals surface area (Å²) >= 11 is 5.76. The standard InChI is InChI=1S/C15H10ClFN2O2/c1-8-18-12-6-9(15(20)21)2-4-14(12)19(8)13-5-3-10(16)7-11(13)17/h2-7H,1H3,(H,20,21). The zero-order chi connectivity index (χ0) is 15.1. The van der Waals surface area contributed by atoms with Gasteiger partial charge in [0, 0.05) is 5.02 Å². The number of aromatic nitrogens is 2. The van der Waals surface area contributed by atoms with Crippen molar-refractivity contribution in [3.05, 3.63) is 58.6 Å². The van der Waals surface area contributed by atoms with E-state index in [4.69, 9.17) is 16.7 Å². The number of carboxylic acid groups (broad SMARTS) is 1. The second kappa shape index (κ2) is 4.86. The largest absolute Gasteiger partial charge is 0.478 e. The quantitative estimate of drug-likeness (QED) is 0.783. The van der Waals surface area contributed by atoms with E-state index in [1.165, 1.54) is 18.2 Å². The van der Waals surface area contributed by atoms with E-state index in [2.05, 4.69) is 4.98 Å². The van der Waals surface area contributed by atoms with Gasteiger partial charge in [0.25, 0.3) is 0 Å². The van der Waals surface area contributed by atoms with Gasteiger partial charge in [-0.3, -0.25) is 4.57 Å². The van der Waals surface area contributed by atoms with Crippen LogP contribution in [0.15, 0.2) is 36.4 Å². The van der Waals surface area contributed by atoms with E-state index in [-0.39, 0.29) is 5.56 Å². The minimum absolute atomic E-state index is 0.142. The van der Waals surface area contributed by atoms with Gasteiger partial charge in [0.2, 0.25) is 0 Å². The van der Waals surface area contributed by atoms with Crippen molar-refractivity contribution in [3.63, 3.8) is 0 Å². The third-order valence-electron chi connectivity index (χ3n) is 3.22. The summed E-state index contributed by atoms with van der Waals surface area (Å²) in [7, 11) is 0. The Labute approximate surface area is 124 Å². The average molecular weight is 305 g/mol. The van der Waals surface area contributed by atoms with Gasteiger partial charge >= 0.3 is 5.97 Å². The third-order valence-corrected chi connectivity index (χ3v) is 3.45. The number of nitrogens with zero attached hydrogens (tertiary/aromatic N) is 2. The van der Waals surface area contributed by atoms with Crippen LogP contribution >= 0.6 is 11.6 Å². The molecule has 0 atom stereocenters. The van der Waals surface area contributed by atoms with Crippen molar-refractivity contribution in [1.82, 2.24) is 9.55 Å². The van der Waals surface area contributed by atoms with Crippen LogP contribution in [-0.4, -0.2) is 20.6 Å². The maximum absolute atomic E-state index is 14.1. The lowest BCUT2D eigenvalue weighted by Crippen LogP contribution is -2.00. The Morgan fingerprint density at radius 3 is 2.71 bits per heavy atom. The number of benzene rings is 2. The Morgan fingerprint density at radius 2 is 2.05 bits per heavy atom. The number of fused-ring (bicyclic) bond motifs is 1. The van der Waals surface area contributed by atoms with Crippen molar-refractivity contribution >= 4 is 28.6 Å². The highest BCUT2D eigenvalue weighted by Gasteiger charge is 2.14. The van der Waals surface area contributed by atoms with Crippen molar-refractivity contribution in [2.24, 2.45) is 0 Å². The zero-order valence-corrected chi connectivity index (χ0v) is 11.7. The summed E-state index contributed by atoms with van der Waals surface area (Å²) in [5.41, 5.74) is 1.60. The van der Waals surface area contributed by atoms with Gasteiger partial charge in [0.15, 0.2) is 0 Å². The Morgan fingerprint density at radius 1 is 1.29 bits per heavy atom. The lowest BCUT2D eigenvalue weighted by atomic mass is 10.2. The molecule has 21 heavy (non-hydrogen) atoms. The van der Waals surface area contributed by atoms with Gasteiger partial charge in [-0.25, -0.2) is 14.2 Å². The summed E-state index contributed by atoms with van der Waals surface area (Å²) < 4.78 is 15.7. The summed E-state index contributed by atoms with van der Waals surface area (Å²) in [5, 5.41) is 9.31. The molecule has 0 aliphatic rings. The highest BCUT2D eigenvalue weighted by Crippen LogP contribution is 2.25. The molecular formula is C15H10ClFN2O2.